The van der Waals surface area contributed by atoms with E-state index in [1.807, 2.05) is 0 Å². The lowest BCUT2D eigenvalue weighted by Crippen LogP contribution is -2.32. The van der Waals surface area contributed by atoms with E-state index in [0.29, 0.717) is 27.5 Å². The van der Waals surface area contributed by atoms with Crippen molar-refractivity contribution in [2.24, 2.45) is 7.05 Å². The quantitative estimate of drug-likeness (QED) is 0.203. The average molecular weight is 573 g/mol. The molecule has 2 heterocycles. The second-order valence-electron chi connectivity index (χ2n) is 9.45. The molecule has 1 amide bonds. The van der Waals surface area contributed by atoms with E-state index in [2.05, 4.69) is 15.3 Å². The first-order chi connectivity index (χ1) is 19.0. The summed E-state index contributed by atoms with van der Waals surface area (Å²) in [6.07, 6.45) is -1.72. The third kappa shape index (κ3) is 5.86. The van der Waals surface area contributed by atoms with Gasteiger partial charge in [-0.2, -0.15) is 13.2 Å². The standard InChI is InChI=1S/C29H22ClF5N4O/c1-39-15-37-27(28(39)17-2-5-20(30)6-3-17)25(10-16-8-21(31)13-22(32)9-16)38-26(40)11-18-14-36-24-7-4-19(12-23(18)24)29(33,34)35/h2-9,12-15,25,36H,10-11H2,1H3,(H,38,40). The summed E-state index contributed by atoms with van der Waals surface area (Å²) in [5.74, 6) is -2.04. The number of rotatable bonds is 7. The van der Waals surface area contributed by atoms with Crippen LogP contribution in [0.15, 0.2) is 73.2 Å². The van der Waals surface area contributed by atoms with E-state index < -0.39 is 35.3 Å². The lowest BCUT2D eigenvalue weighted by molar-refractivity contribution is -0.137. The van der Waals surface area contributed by atoms with Crippen molar-refractivity contribution in [3.05, 3.63) is 112 Å². The van der Waals surface area contributed by atoms with Crippen LogP contribution in [-0.4, -0.2) is 20.4 Å². The zero-order chi connectivity index (χ0) is 28.6. The molecule has 0 fully saturated rings. The Morgan fingerprint density at radius 1 is 1.05 bits per heavy atom. The predicted molar refractivity (Wildman–Crippen MR) is 142 cm³/mol. The SMILES string of the molecule is Cn1cnc(C(Cc2cc(F)cc(F)c2)NC(=O)Cc2c[nH]c3ccc(C(F)(F)F)cc23)c1-c1ccc(Cl)cc1. The number of alkyl halides is 3. The molecule has 1 unspecified atom stereocenters. The number of amides is 1. The number of halogens is 6. The van der Waals surface area contributed by atoms with E-state index in [9.17, 15) is 26.7 Å². The Bertz CT molecular complexity index is 1670. The van der Waals surface area contributed by atoms with Crippen molar-refractivity contribution in [2.45, 2.75) is 25.1 Å². The first-order valence-corrected chi connectivity index (χ1v) is 12.5. The van der Waals surface area contributed by atoms with Gasteiger partial charge in [-0.05, 0) is 60.0 Å². The largest absolute Gasteiger partial charge is 0.416 e. The van der Waals surface area contributed by atoms with Crippen LogP contribution in [0.4, 0.5) is 22.0 Å². The van der Waals surface area contributed by atoms with Crippen molar-refractivity contribution in [1.29, 1.82) is 0 Å². The third-order valence-corrected chi connectivity index (χ3v) is 6.81. The highest BCUT2D eigenvalue weighted by atomic mass is 35.5. The molecule has 5 rings (SSSR count). The number of aromatic amines is 1. The molecule has 0 aliphatic heterocycles. The molecular weight excluding hydrogens is 551 g/mol. The van der Waals surface area contributed by atoms with Gasteiger partial charge in [-0.15, -0.1) is 0 Å². The van der Waals surface area contributed by atoms with Crippen molar-refractivity contribution in [3.63, 3.8) is 0 Å². The summed E-state index contributed by atoms with van der Waals surface area (Å²) in [6.45, 7) is 0. The Labute approximate surface area is 230 Å². The number of imidazole rings is 1. The number of H-pyrrole nitrogens is 1. The van der Waals surface area contributed by atoms with Gasteiger partial charge < -0.3 is 14.9 Å². The zero-order valence-electron chi connectivity index (χ0n) is 21.0. The summed E-state index contributed by atoms with van der Waals surface area (Å²) in [5.41, 5.74) is 2.14. The number of fused-ring (bicyclic) bond motifs is 1. The molecule has 0 radical (unpaired) electrons. The Morgan fingerprint density at radius 2 is 1.75 bits per heavy atom. The van der Waals surface area contributed by atoms with Crippen LogP contribution < -0.4 is 5.32 Å². The maximum atomic E-state index is 14.0. The minimum atomic E-state index is -4.53. The fourth-order valence-corrected chi connectivity index (χ4v) is 4.89. The number of nitrogens with one attached hydrogen (secondary N) is 2. The number of benzene rings is 3. The Hall–Kier alpha value is -4.18. The maximum Gasteiger partial charge on any atom is 0.416 e. The fourth-order valence-electron chi connectivity index (χ4n) is 4.76. The molecule has 5 nitrogen and oxygen atoms in total. The maximum absolute atomic E-state index is 14.0. The number of aromatic nitrogens is 3. The van der Waals surface area contributed by atoms with Crippen LogP contribution in [0.3, 0.4) is 0 Å². The van der Waals surface area contributed by atoms with E-state index >= 15 is 0 Å². The van der Waals surface area contributed by atoms with Crippen molar-refractivity contribution in [1.82, 2.24) is 19.9 Å². The first kappa shape index (κ1) is 27.4. The van der Waals surface area contributed by atoms with Gasteiger partial charge in [-0.25, -0.2) is 13.8 Å². The van der Waals surface area contributed by atoms with Gasteiger partial charge in [0.2, 0.25) is 5.91 Å². The summed E-state index contributed by atoms with van der Waals surface area (Å²) in [5, 5.41) is 3.68. The molecule has 0 aliphatic carbocycles. The molecule has 2 aromatic heterocycles. The molecule has 1 atom stereocenters. The number of hydrogen-bond donors (Lipinski definition) is 2. The number of aryl methyl sites for hydroxylation is 1. The Kier molecular flexibility index (Phi) is 7.37. The Morgan fingerprint density at radius 3 is 2.42 bits per heavy atom. The van der Waals surface area contributed by atoms with E-state index in [-0.39, 0.29) is 23.8 Å². The van der Waals surface area contributed by atoms with Crippen LogP contribution in [-0.2, 0) is 30.9 Å². The number of nitrogens with zero attached hydrogens (tertiary/aromatic N) is 2. The summed E-state index contributed by atoms with van der Waals surface area (Å²) in [7, 11) is 1.77. The lowest BCUT2D eigenvalue weighted by Gasteiger charge is -2.20. The van der Waals surface area contributed by atoms with Crippen molar-refractivity contribution >= 4 is 28.4 Å². The highest BCUT2D eigenvalue weighted by Gasteiger charge is 2.31. The summed E-state index contributed by atoms with van der Waals surface area (Å²) in [4.78, 5) is 20.7. The summed E-state index contributed by atoms with van der Waals surface area (Å²) in [6, 6.07) is 12.5. The molecule has 0 aliphatic rings. The fraction of sp³-hybridized carbons (Fsp3) is 0.172. The summed E-state index contributed by atoms with van der Waals surface area (Å²) < 4.78 is 69.6. The van der Waals surface area contributed by atoms with Gasteiger partial charge in [0.05, 0.1) is 35.7 Å². The normalized spacial score (nSPS) is 12.6. The molecule has 40 heavy (non-hydrogen) atoms. The van der Waals surface area contributed by atoms with Crippen molar-refractivity contribution in [3.8, 4) is 11.3 Å². The third-order valence-electron chi connectivity index (χ3n) is 6.56. The average Bonchev–Trinajstić information content (AvgIpc) is 3.46. The number of carbonyl (C=O) groups is 1. The molecule has 0 saturated heterocycles. The second kappa shape index (κ2) is 10.8. The van der Waals surface area contributed by atoms with Crippen LogP contribution in [0.2, 0.25) is 5.02 Å². The van der Waals surface area contributed by atoms with Crippen molar-refractivity contribution in [2.75, 3.05) is 0 Å². The van der Waals surface area contributed by atoms with Crippen molar-refractivity contribution < 1.29 is 26.7 Å². The molecule has 206 valence electrons. The molecular formula is C29H22ClF5N4O. The first-order valence-electron chi connectivity index (χ1n) is 12.2. The van der Waals surface area contributed by atoms with Crippen LogP contribution in [0.1, 0.15) is 28.4 Å². The second-order valence-corrected chi connectivity index (χ2v) is 9.88. The Balaban J connectivity index is 1.49. The van der Waals surface area contributed by atoms with Gasteiger partial charge >= 0.3 is 6.18 Å². The van der Waals surface area contributed by atoms with Gasteiger partial charge in [-0.1, -0.05) is 23.7 Å². The van der Waals surface area contributed by atoms with Gasteiger partial charge in [0.25, 0.3) is 0 Å². The minimum absolute atomic E-state index is 0.00410. The van der Waals surface area contributed by atoms with Crippen LogP contribution in [0, 0.1) is 11.6 Å². The molecule has 0 bridgehead atoms. The van der Waals surface area contributed by atoms with E-state index in [1.165, 1.54) is 24.4 Å². The molecule has 0 spiro atoms. The van der Waals surface area contributed by atoms with Gasteiger partial charge in [0, 0.05) is 40.8 Å². The monoisotopic (exact) mass is 572 g/mol. The van der Waals surface area contributed by atoms with Gasteiger partial charge in [0.1, 0.15) is 11.6 Å². The minimum Gasteiger partial charge on any atom is -0.361 e. The lowest BCUT2D eigenvalue weighted by atomic mass is 9.98. The zero-order valence-corrected chi connectivity index (χ0v) is 21.7. The topological polar surface area (TPSA) is 62.7 Å². The smallest absolute Gasteiger partial charge is 0.361 e. The van der Waals surface area contributed by atoms with E-state index in [4.69, 9.17) is 11.6 Å². The van der Waals surface area contributed by atoms with Crippen LogP contribution in [0.5, 0.6) is 0 Å². The van der Waals surface area contributed by atoms with Gasteiger partial charge in [-0.3, -0.25) is 4.79 Å². The number of hydrogen-bond acceptors (Lipinski definition) is 2. The molecule has 11 heteroatoms. The number of carbonyl (C=O) groups excluding carboxylic acids is 1. The van der Waals surface area contributed by atoms with E-state index in [1.54, 1.807) is 42.2 Å². The molecule has 5 aromatic rings. The van der Waals surface area contributed by atoms with Crippen LogP contribution in [0.25, 0.3) is 22.2 Å². The highest BCUT2D eigenvalue weighted by molar-refractivity contribution is 6.30. The molecule has 2 N–H and O–H groups in total. The molecule has 0 saturated carbocycles. The predicted octanol–water partition coefficient (Wildman–Crippen LogP) is 7.16. The summed E-state index contributed by atoms with van der Waals surface area (Å²) >= 11 is 6.05. The van der Waals surface area contributed by atoms with Crippen LogP contribution >= 0.6 is 11.6 Å². The van der Waals surface area contributed by atoms with E-state index in [0.717, 1.165) is 23.8 Å². The van der Waals surface area contributed by atoms with Gasteiger partial charge in [0.15, 0.2) is 0 Å². The molecule has 3 aromatic carbocycles. The highest BCUT2D eigenvalue weighted by Crippen LogP contribution is 2.33.